The molecular formula is C17H21FO3. The van der Waals surface area contributed by atoms with Crippen molar-refractivity contribution in [2.75, 3.05) is 0 Å². The fourth-order valence-electron chi connectivity index (χ4n) is 3.38. The number of aliphatic carboxylic acids is 1. The maximum Gasteiger partial charge on any atom is 0.303 e. The van der Waals surface area contributed by atoms with Gasteiger partial charge in [-0.3, -0.25) is 9.59 Å². The maximum absolute atomic E-state index is 13.4. The number of carbonyl (C=O) groups excluding carboxylic acids is 1. The van der Waals surface area contributed by atoms with E-state index >= 15 is 0 Å². The molecule has 0 aliphatic heterocycles. The van der Waals surface area contributed by atoms with Crippen LogP contribution in [0.5, 0.6) is 0 Å². The summed E-state index contributed by atoms with van der Waals surface area (Å²) in [6, 6.07) is 4.29. The highest BCUT2D eigenvalue weighted by atomic mass is 19.1. The number of aryl methyl sites for hydroxylation is 1. The average molecular weight is 292 g/mol. The number of carbonyl (C=O) groups is 2. The van der Waals surface area contributed by atoms with Crippen molar-refractivity contribution in [1.82, 2.24) is 0 Å². The minimum Gasteiger partial charge on any atom is -0.481 e. The molecule has 2 rings (SSSR count). The lowest BCUT2D eigenvalue weighted by Crippen LogP contribution is -2.30. The molecule has 1 saturated carbocycles. The molecule has 0 unspecified atom stereocenters. The number of ketones is 1. The first-order chi connectivity index (χ1) is 9.90. The molecule has 1 aromatic carbocycles. The molecule has 0 atom stereocenters. The van der Waals surface area contributed by atoms with Crippen LogP contribution >= 0.6 is 0 Å². The van der Waals surface area contributed by atoms with Gasteiger partial charge in [-0.25, -0.2) is 4.39 Å². The average Bonchev–Trinajstić information content (AvgIpc) is 2.37. The molecular weight excluding hydrogens is 271 g/mol. The summed E-state index contributed by atoms with van der Waals surface area (Å²) >= 11 is 0. The van der Waals surface area contributed by atoms with Gasteiger partial charge in [0, 0.05) is 12.0 Å². The molecule has 0 heterocycles. The van der Waals surface area contributed by atoms with E-state index in [4.69, 9.17) is 5.11 Å². The lowest BCUT2D eigenvalue weighted by molar-refractivity contribution is -0.140. The van der Waals surface area contributed by atoms with E-state index in [2.05, 4.69) is 0 Å². The van der Waals surface area contributed by atoms with Gasteiger partial charge in [-0.15, -0.1) is 0 Å². The van der Waals surface area contributed by atoms with Crippen molar-refractivity contribution < 1.29 is 19.1 Å². The fraction of sp³-hybridized carbons (Fsp3) is 0.529. The van der Waals surface area contributed by atoms with Crippen molar-refractivity contribution in [2.45, 2.75) is 51.9 Å². The Balaban J connectivity index is 2.19. The molecule has 21 heavy (non-hydrogen) atoms. The highest BCUT2D eigenvalue weighted by Gasteiger charge is 2.36. The van der Waals surface area contributed by atoms with Crippen LogP contribution in [0.15, 0.2) is 18.2 Å². The number of carboxylic acid groups (broad SMARTS) is 1. The number of rotatable bonds is 5. The summed E-state index contributed by atoms with van der Waals surface area (Å²) in [5, 5.41) is 9.13. The van der Waals surface area contributed by atoms with Gasteiger partial charge in [0.25, 0.3) is 0 Å². The minimum atomic E-state index is -0.861. The third-order valence-corrected chi connectivity index (χ3v) is 4.34. The number of benzene rings is 1. The predicted octanol–water partition coefficient (Wildman–Crippen LogP) is 4.13. The van der Waals surface area contributed by atoms with E-state index in [1.165, 1.54) is 12.1 Å². The number of hydrogen-bond acceptors (Lipinski definition) is 2. The fourth-order valence-corrected chi connectivity index (χ4v) is 3.38. The second kappa shape index (κ2) is 6.37. The summed E-state index contributed by atoms with van der Waals surface area (Å²) in [5.74, 6) is -1.44. The normalized spacial score (nSPS) is 17.4. The Labute approximate surface area is 124 Å². The Morgan fingerprint density at radius 3 is 2.38 bits per heavy atom. The van der Waals surface area contributed by atoms with E-state index in [0.29, 0.717) is 11.1 Å². The molecule has 1 aliphatic rings. The molecule has 1 aromatic rings. The van der Waals surface area contributed by atoms with Crippen molar-refractivity contribution in [3.05, 3.63) is 35.1 Å². The van der Waals surface area contributed by atoms with Gasteiger partial charge < -0.3 is 5.11 Å². The second-order valence-electron chi connectivity index (χ2n) is 6.25. The first-order valence-corrected chi connectivity index (χ1v) is 7.42. The van der Waals surface area contributed by atoms with Gasteiger partial charge in [0.1, 0.15) is 5.82 Å². The second-order valence-corrected chi connectivity index (χ2v) is 6.25. The monoisotopic (exact) mass is 292 g/mol. The van der Waals surface area contributed by atoms with Gasteiger partial charge in [0.15, 0.2) is 5.78 Å². The zero-order valence-electron chi connectivity index (χ0n) is 12.3. The first kappa shape index (κ1) is 15.7. The van der Waals surface area contributed by atoms with Crippen LogP contribution in [0.4, 0.5) is 4.39 Å². The molecule has 0 amide bonds. The summed E-state index contributed by atoms with van der Waals surface area (Å²) < 4.78 is 13.4. The third kappa shape index (κ3) is 4.13. The number of halogens is 1. The summed E-state index contributed by atoms with van der Waals surface area (Å²) in [6.07, 6.45) is 4.76. The topological polar surface area (TPSA) is 54.4 Å². The summed E-state index contributed by atoms with van der Waals surface area (Å²) in [6.45, 7) is 1.74. The number of Topliss-reactive ketones (excluding diaryl/α,β-unsaturated/α-hetero) is 1. The lowest BCUT2D eigenvalue weighted by Gasteiger charge is -2.35. The number of carboxylic acids is 1. The van der Waals surface area contributed by atoms with E-state index < -0.39 is 17.2 Å². The highest BCUT2D eigenvalue weighted by Crippen LogP contribution is 2.43. The lowest BCUT2D eigenvalue weighted by atomic mass is 9.68. The molecule has 114 valence electrons. The van der Waals surface area contributed by atoms with Crippen LogP contribution in [0.1, 0.15) is 60.9 Å². The highest BCUT2D eigenvalue weighted by molar-refractivity contribution is 5.97. The SMILES string of the molecule is Cc1cc(F)cc(C(=O)CC2(CC(=O)O)CCCCC2)c1. The number of hydrogen-bond donors (Lipinski definition) is 1. The van der Waals surface area contributed by atoms with Crippen LogP contribution in [0.25, 0.3) is 0 Å². The molecule has 1 N–H and O–H groups in total. The van der Waals surface area contributed by atoms with Crippen molar-refractivity contribution in [3.8, 4) is 0 Å². The van der Waals surface area contributed by atoms with Crippen LogP contribution in [-0.2, 0) is 4.79 Å². The summed E-state index contributed by atoms with van der Waals surface area (Å²) in [7, 11) is 0. The van der Waals surface area contributed by atoms with Crippen LogP contribution in [0, 0.1) is 18.2 Å². The Hall–Kier alpha value is -1.71. The van der Waals surface area contributed by atoms with Crippen molar-refractivity contribution in [3.63, 3.8) is 0 Å². The van der Waals surface area contributed by atoms with Gasteiger partial charge in [-0.1, -0.05) is 19.3 Å². The van der Waals surface area contributed by atoms with E-state index in [9.17, 15) is 14.0 Å². The van der Waals surface area contributed by atoms with E-state index in [1.807, 2.05) is 0 Å². The zero-order chi connectivity index (χ0) is 15.5. The van der Waals surface area contributed by atoms with Crippen molar-refractivity contribution >= 4 is 11.8 Å². The van der Waals surface area contributed by atoms with E-state index in [1.54, 1.807) is 13.0 Å². The van der Waals surface area contributed by atoms with Gasteiger partial charge in [-0.2, -0.15) is 0 Å². The van der Waals surface area contributed by atoms with E-state index in [0.717, 1.165) is 32.1 Å². The largest absolute Gasteiger partial charge is 0.481 e. The van der Waals surface area contributed by atoms with Crippen LogP contribution in [0.2, 0.25) is 0 Å². The molecule has 0 saturated heterocycles. The maximum atomic E-state index is 13.4. The molecule has 1 fully saturated rings. The summed E-state index contributed by atoms with van der Waals surface area (Å²) in [5.41, 5.74) is 0.596. The van der Waals surface area contributed by atoms with Crippen molar-refractivity contribution in [1.29, 1.82) is 0 Å². The molecule has 3 nitrogen and oxygen atoms in total. The van der Waals surface area contributed by atoms with Crippen LogP contribution in [0.3, 0.4) is 0 Å². The molecule has 0 aromatic heterocycles. The van der Waals surface area contributed by atoms with E-state index in [-0.39, 0.29) is 18.6 Å². The Morgan fingerprint density at radius 1 is 1.14 bits per heavy atom. The first-order valence-electron chi connectivity index (χ1n) is 7.42. The molecule has 0 bridgehead atoms. The van der Waals surface area contributed by atoms with Gasteiger partial charge in [-0.05, 0) is 48.9 Å². The minimum absolute atomic E-state index is 0.0209. The Bertz CT molecular complexity index is 525. The molecule has 0 spiro atoms. The standard InChI is InChI=1S/C17H21FO3/c1-12-7-13(9-14(18)8-12)15(19)10-17(11-16(20)21)5-3-2-4-6-17/h7-9H,2-6,10-11H2,1H3,(H,20,21). The predicted molar refractivity (Wildman–Crippen MR) is 77.9 cm³/mol. The molecule has 1 aliphatic carbocycles. The smallest absolute Gasteiger partial charge is 0.303 e. The van der Waals surface area contributed by atoms with Gasteiger partial charge in [0.2, 0.25) is 0 Å². The van der Waals surface area contributed by atoms with Gasteiger partial charge >= 0.3 is 5.97 Å². The van der Waals surface area contributed by atoms with Gasteiger partial charge in [0.05, 0.1) is 6.42 Å². The molecule has 0 radical (unpaired) electrons. The molecule has 4 heteroatoms. The van der Waals surface area contributed by atoms with Crippen LogP contribution < -0.4 is 0 Å². The Morgan fingerprint density at radius 2 is 1.81 bits per heavy atom. The van der Waals surface area contributed by atoms with Crippen molar-refractivity contribution in [2.24, 2.45) is 5.41 Å². The quantitative estimate of drug-likeness (QED) is 0.830. The summed E-state index contributed by atoms with van der Waals surface area (Å²) in [4.78, 5) is 23.6. The Kier molecular flexibility index (Phi) is 4.76. The zero-order valence-corrected chi connectivity index (χ0v) is 12.3. The van der Waals surface area contributed by atoms with Crippen LogP contribution in [-0.4, -0.2) is 16.9 Å². The third-order valence-electron chi connectivity index (χ3n) is 4.34.